The summed E-state index contributed by atoms with van der Waals surface area (Å²) in [5.74, 6) is -0.0878. The molecule has 2 aliphatic rings. The van der Waals surface area contributed by atoms with E-state index in [0.717, 1.165) is 32.4 Å². The highest BCUT2D eigenvalue weighted by atomic mass is 16.5. The molecule has 118 valence electrons. The van der Waals surface area contributed by atoms with Gasteiger partial charge < -0.3 is 9.64 Å². The maximum atomic E-state index is 12.5. The number of likely N-dealkylation sites (tertiary alicyclic amines) is 1. The van der Waals surface area contributed by atoms with Crippen LogP contribution in [-0.2, 0) is 14.3 Å². The van der Waals surface area contributed by atoms with E-state index in [-0.39, 0.29) is 17.8 Å². The summed E-state index contributed by atoms with van der Waals surface area (Å²) in [6.07, 6.45) is 7.46. The number of likely N-dealkylation sites (N-methyl/N-ethyl adjacent to an activating group) is 1. The number of nitrogens with zero attached hydrogens (tertiary/aromatic N) is 2. The molecule has 1 unspecified atom stereocenters. The molecule has 1 aliphatic carbocycles. The molecule has 5 heteroatoms. The molecule has 0 saturated carbocycles. The topological polar surface area (TPSA) is 49.9 Å². The van der Waals surface area contributed by atoms with Crippen LogP contribution in [0, 0.1) is 5.92 Å². The summed E-state index contributed by atoms with van der Waals surface area (Å²) in [5.41, 5.74) is 1.18. The Balaban J connectivity index is 1.88. The first-order chi connectivity index (χ1) is 10.2. The molecule has 0 aromatic rings. The van der Waals surface area contributed by atoms with Crippen LogP contribution in [0.3, 0.4) is 0 Å². The van der Waals surface area contributed by atoms with Crippen LogP contribution in [0.4, 0.5) is 0 Å². The van der Waals surface area contributed by atoms with Gasteiger partial charge in [-0.25, -0.2) is 0 Å². The third-order valence-corrected chi connectivity index (χ3v) is 4.40. The van der Waals surface area contributed by atoms with E-state index in [9.17, 15) is 9.59 Å². The molecular weight excluding hydrogens is 268 g/mol. The summed E-state index contributed by atoms with van der Waals surface area (Å²) in [4.78, 5) is 28.0. The van der Waals surface area contributed by atoms with Crippen molar-refractivity contribution in [1.29, 1.82) is 0 Å². The van der Waals surface area contributed by atoms with E-state index in [1.54, 1.807) is 0 Å². The monoisotopic (exact) mass is 294 g/mol. The minimum atomic E-state index is -0.160. The average Bonchev–Trinajstić information content (AvgIpc) is 2.96. The fraction of sp³-hybridized carbons (Fsp3) is 0.750. The van der Waals surface area contributed by atoms with Gasteiger partial charge >= 0.3 is 5.97 Å². The van der Waals surface area contributed by atoms with Crippen molar-refractivity contribution >= 4 is 11.9 Å². The van der Waals surface area contributed by atoms with Crippen molar-refractivity contribution in [2.45, 2.75) is 39.0 Å². The Morgan fingerprint density at radius 1 is 1.43 bits per heavy atom. The molecule has 1 amide bonds. The standard InChI is InChI=1S/C16H26N2O3/c1-3-18(14-7-5-4-6-8-14)15(19)12-17-10-9-13(11-17)16(20)21-2/h7,13H,3-6,8-12H2,1-2H3. The minimum absolute atomic E-state index is 0.0771. The predicted molar refractivity (Wildman–Crippen MR) is 80.5 cm³/mol. The number of rotatable bonds is 5. The van der Waals surface area contributed by atoms with Gasteiger partial charge in [-0.15, -0.1) is 0 Å². The van der Waals surface area contributed by atoms with Crippen molar-refractivity contribution < 1.29 is 14.3 Å². The van der Waals surface area contributed by atoms with Gasteiger partial charge in [-0.2, -0.15) is 0 Å². The molecule has 1 atom stereocenters. The van der Waals surface area contributed by atoms with E-state index in [0.29, 0.717) is 13.1 Å². The summed E-state index contributed by atoms with van der Waals surface area (Å²) >= 11 is 0. The van der Waals surface area contributed by atoms with Crippen molar-refractivity contribution in [3.05, 3.63) is 11.8 Å². The minimum Gasteiger partial charge on any atom is -0.469 e. The molecule has 0 N–H and O–H groups in total. The molecule has 1 heterocycles. The second-order valence-electron chi connectivity index (χ2n) is 5.82. The zero-order valence-electron chi connectivity index (χ0n) is 13.1. The Kier molecular flexibility index (Phi) is 5.79. The normalized spacial score (nSPS) is 22.8. The quantitative estimate of drug-likeness (QED) is 0.725. The van der Waals surface area contributed by atoms with Gasteiger partial charge in [0.1, 0.15) is 0 Å². The van der Waals surface area contributed by atoms with E-state index < -0.39 is 0 Å². The predicted octanol–water partition coefficient (Wildman–Crippen LogP) is 1.79. The SMILES string of the molecule is CCN(C(=O)CN1CCC(C(=O)OC)C1)C1=CCCCC1. The zero-order valence-corrected chi connectivity index (χ0v) is 13.1. The number of methoxy groups -OCH3 is 1. The molecule has 2 rings (SSSR count). The van der Waals surface area contributed by atoms with E-state index in [2.05, 4.69) is 11.0 Å². The van der Waals surface area contributed by atoms with Crippen molar-refractivity contribution in [3.63, 3.8) is 0 Å². The van der Waals surface area contributed by atoms with Crippen molar-refractivity contribution in [1.82, 2.24) is 9.80 Å². The van der Waals surface area contributed by atoms with Crippen LogP contribution in [-0.4, -0.2) is 55.0 Å². The summed E-state index contributed by atoms with van der Waals surface area (Å²) in [6, 6.07) is 0. The largest absolute Gasteiger partial charge is 0.469 e. The number of hydrogen-bond donors (Lipinski definition) is 0. The molecule has 0 aromatic heterocycles. The Hall–Kier alpha value is -1.36. The summed E-state index contributed by atoms with van der Waals surface area (Å²) in [7, 11) is 1.42. The van der Waals surface area contributed by atoms with Gasteiger partial charge in [0.15, 0.2) is 0 Å². The van der Waals surface area contributed by atoms with Gasteiger partial charge in [-0.05, 0) is 45.6 Å². The van der Waals surface area contributed by atoms with Gasteiger partial charge in [0.2, 0.25) is 5.91 Å². The molecule has 1 fully saturated rings. The Labute approximate surface area is 126 Å². The number of carbonyl (C=O) groups excluding carboxylic acids is 2. The zero-order chi connectivity index (χ0) is 15.2. The number of amides is 1. The Morgan fingerprint density at radius 2 is 2.24 bits per heavy atom. The summed E-state index contributed by atoms with van der Waals surface area (Å²) in [5, 5.41) is 0. The summed E-state index contributed by atoms with van der Waals surface area (Å²) in [6.45, 7) is 4.57. The van der Waals surface area contributed by atoms with Crippen LogP contribution in [0.2, 0.25) is 0 Å². The van der Waals surface area contributed by atoms with Crippen LogP contribution in [0.25, 0.3) is 0 Å². The van der Waals surface area contributed by atoms with Crippen LogP contribution in [0.1, 0.15) is 39.0 Å². The Bertz CT molecular complexity index is 420. The number of ether oxygens (including phenoxy) is 1. The Morgan fingerprint density at radius 3 is 2.86 bits per heavy atom. The van der Waals surface area contributed by atoms with Gasteiger partial charge in [0, 0.05) is 18.8 Å². The van der Waals surface area contributed by atoms with Crippen molar-refractivity contribution in [2.24, 2.45) is 5.92 Å². The highest BCUT2D eigenvalue weighted by molar-refractivity contribution is 5.80. The lowest BCUT2D eigenvalue weighted by atomic mass is 10.0. The number of allylic oxidation sites excluding steroid dienone is 2. The smallest absolute Gasteiger partial charge is 0.310 e. The first kappa shape index (κ1) is 16.0. The lowest BCUT2D eigenvalue weighted by molar-refractivity contribution is -0.145. The molecular formula is C16H26N2O3. The van der Waals surface area contributed by atoms with Gasteiger partial charge in [-0.3, -0.25) is 14.5 Å². The summed E-state index contributed by atoms with van der Waals surface area (Å²) < 4.78 is 4.78. The van der Waals surface area contributed by atoms with Gasteiger partial charge in [-0.1, -0.05) is 6.08 Å². The number of carbonyl (C=O) groups is 2. The lowest BCUT2D eigenvalue weighted by Crippen LogP contribution is -2.39. The molecule has 0 radical (unpaired) electrons. The molecule has 0 aromatic carbocycles. The number of hydrogen-bond acceptors (Lipinski definition) is 4. The molecule has 1 aliphatic heterocycles. The van der Waals surface area contributed by atoms with E-state index in [1.807, 2.05) is 11.8 Å². The van der Waals surface area contributed by atoms with Crippen molar-refractivity contribution in [2.75, 3.05) is 33.3 Å². The van der Waals surface area contributed by atoms with Crippen LogP contribution in [0.15, 0.2) is 11.8 Å². The molecule has 21 heavy (non-hydrogen) atoms. The molecule has 0 bridgehead atoms. The third-order valence-electron chi connectivity index (χ3n) is 4.40. The average molecular weight is 294 g/mol. The maximum absolute atomic E-state index is 12.5. The van der Waals surface area contributed by atoms with Gasteiger partial charge in [0.25, 0.3) is 0 Å². The van der Waals surface area contributed by atoms with E-state index in [4.69, 9.17) is 4.74 Å². The fourth-order valence-electron chi connectivity index (χ4n) is 3.22. The van der Waals surface area contributed by atoms with Crippen LogP contribution < -0.4 is 0 Å². The molecule has 1 saturated heterocycles. The van der Waals surface area contributed by atoms with Crippen LogP contribution in [0.5, 0.6) is 0 Å². The molecule has 5 nitrogen and oxygen atoms in total. The third kappa shape index (κ3) is 4.06. The first-order valence-corrected chi connectivity index (χ1v) is 7.95. The highest BCUT2D eigenvalue weighted by Crippen LogP contribution is 2.22. The van der Waals surface area contributed by atoms with Crippen LogP contribution >= 0.6 is 0 Å². The highest BCUT2D eigenvalue weighted by Gasteiger charge is 2.31. The second-order valence-corrected chi connectivity index (χ2v) is 5.82. The van der Waals surface area contributed by atoms with E-state index >= 15 is 0 Å². The maximum Gasteiger partial charge on any atom is 0.310 e. The number of esters is 1. The lowest BCUT2D eigenvalue weighted by Gasteiger charge is -2.28. The second kappa shape index (κ2) is 7.59. The van der Waals surface area contributed by atoms with E-state index in [1.165, 1.54) is 25.6 Å². The van der Waals surface area contributed by atoms with Crippen molar-refractivity contribution in [3.8, 4) is 0 Å². The molecule has 0 spiro atoms. The first-order valence-electron chi connectivity index (χ1n) is 7.95. The van der Waals surface area contributed by atoms with Gasteiger partial charge in [0.05, 0.1) is 19.6 Å². The fourth-order valence-corrected chi connectivity index (χ4v) is 3.22.